The number of nitrogens with two attached hydrogens (primary N) is 1. The van der Waals surface area contributed by atoms with Crippen LogP contribution in [0.15, 0.2) is 18.3 Å². The highest BCUT2D eigenvalue weighted by Crippen LogP contribution is 2.05. The number of aromatic nitrogens is 1. The van der Waals surface area contributed by atoms with Gasteiger partial charge in [-0.25, -0.2) is 0 Å². The first kappa shape index (κ1) is 9.20. The van der Waals surface area contributed by atoms with E-state index in [0.717, 1.165) is 0 Å². The summed E-state index contributed by atoms with van der Waals surface area (Å²) in [7, 11) is 0. The third kappa shape index (κ3) is 2.56. The summed E-state index contributed by atoms with van der Waals surface area (Å²) in [4.78, 5) is 14.5. The quantitative estimate of drug-likeness (QED) is 0.720. The SMILES string of the molecule is N#Cc1cccnc1CCC(N)=O. The number of hydrogen-bond acceptors (Lipinski definition) is 3. The predicted molar refractivity (Wildman–Crippen MR) is 46.5 cm³/mol. The summed E-state index contributed by atoms with van der Waals surface area (Å²) in [5.41, 5.74) is 6.11. The Balaban J connectivity index is 2.77. The van der Waals surface area contributed by atoms with E-state index in [1.54, 1.807) is 18.3 Å². The molecule has 0 saturated carbocycles. The fourth-order valence-electron chi connectivity index (χ4n) is 0.981. The molecule has 0 bridgehead atoms. The molecule has 2 N–H and O–H groups in total. The van der Waals surface area contributed by atoms with Crippen LogP contribution in [0.25, 0.3) is 0 Å². The van der Waals surface area contributed by atoms with E-state index >= 15 is 0 Å². The third-order valence-corrected chi connectivity index (χ3v) is 1.62. The molecule has 0 aliphatic carbocycles. The summed E-state index contributed by atoms with van der Waals surface area (Å²) in [5, 5.41) is 8.68. The first-order valence-corrected chi connectivity index (χ1v) is 3.86. The van der Waals surface area contributed by atoms with Gasteiger partial charge in [0.1, 0.15) is 6.07 Å². The summed E-state index contributed by atoms with van der Waals surface area (Å²) >= 11 is 0. The van der Waals surface area contributed by atoms with E-state index in [9.17, 15) is 4.79 Å². The molecule has 0 radical (unpaired) electrons. The number of primary amides is 1. The van der Waals surface area contributed by atoms with Crippen molar-refractivity contribution in [1.29, 1.82) is 5.26 Å². The van der Waals surface area contributed by atoms with E-state index < -0.39 is 0 Å². The van der Waals surface area contributed by atoms with Gasteiger partial charge in [-0.05, 0) is 18.6 Å². The van der Waals surface area contributed by atoms with Gasteiger partial charge in [-0.1, -0.05) is 0 Å². The molecule has 4 nitrogen and oxygen atoms in total. The van der Waals surface area contributed by atoms with Gasteiger partial charge in [0.2, 0.25) is 5.91 Å². The molecule has 0 spiro atoms. The van der Waals surface area contributed by atoms with Crippen LogP contribution in [0.2, 0.25) is 0 Å². The molecule has 66 valence electrons. The zero-order chi connectivity index (χ0) is 9.68. The van der Waals surface area contributed by atoms with Crippen molar-refractivity contribution in [2.24, 2.45) is 5.73 Å². The fraction of sp³-hybridized carbons (Fsp3) is 0.222. The maximum absolute atomic E-state index is 10.5. The largest absolute Gasteiger partial charge is 0.370 e. The summed E-state index contributed by atoms with van der Waals surface area (Å²) < 4.78 is 0. The lowest BCUT2D eigenvalue weighted by Gasteiger charge is -1.99. The van der Waals surface area contributed by atoms with Crippen LogP contribution >= 0.6 is 0 Å². The maximum Gasteiger partial charge on any atom is 0.217 e. The second-order valence-corrected chi connectivity index (χ2v) is 2.58. The van der Waals surface area contributed by atoms with Gasteiger partial charge in [-0.15, -0.1) is 0 Å². The molecule has 0 aliphatic rings. The highest BCUT2D eigenvalue weighted by Gasteiger charge is 2.03. The molecule has 0 aromatic carbocycles. The Hall–Kier alpha value is -1.89. The van der Waals surface area contributed by atoms with Gasteiger partial charge in [0.05, 0.1) is 11.3 Å². The lowest BCUT2D eigenvalue weighted by molar-refractivity contribution is -0.118. The molecule has 1 amide bonds. The number of carbonyl (C=O) groups excluding carboxylic acids is 1. The van der Waals surface area contributed by atoms with Gasteiger partial charge >= 0.3 is 0 Å². The number of pyridine rings is 1. The third-order valence-electron chi connectivity index (χ3n) is 1.62. The predicted octanol–water partition coefficient (Wildman–Crippen LogP) is 0.371. The molecule has 0 saturated heterocycles. The Bertz CT molecular complexity index is 354. The minimum atomic E-state index is -0.380. The molecule has 0 aliphatic heterocycles. The Labute approximate surface area is 76.0 Å². The second-order valence-electron chi connectivity index (χ2n) is 2.58. The van der Waals surface area contributed by atoms with Crippen LogP contribution in [0.5, 0.6) is 0 Å². The van der Waals surface area contributed by atoms with Crippen molar-refractivity contribution in [2.45, 2.75) is 12.8 Å². The summed E-state index contributed by atoms with van der Waals surface area (Å²) in [5.74, 6) is -0.380. The van der Waals surface area contributed by atoms with E-state index in [0.29, 0.717) is 17.7 Å². The molecule has 1 aromatic heterocycles. The minimum Gasteiger partial charge on any atom is -0.370 e. The average Bonchev–Trinajstić information content (AvgIpc) is 2.15. The van der Waals surface area contributed by atoms with Crippen molar-refractivity contribution in [3.8, 4) is 6.07 Å². The van der Waals surface area contributed by atoms with Crippen LogP contribution in [0.1, 0.15) is 17.7 Å². The van der Waals surface area contributed by atoms with Gasteiger partial charge in [0, 0.05) is 12.6 Å². The highest BCUT2D eigenvalue weighted by atomic mass is 16.1. The van der Waals surface area contributed by atoms with E-state index in [-0.39, 0.29) is 12.3 Å². The smallest absolute Gasteiger partial charge is 0.217 e. The van der Waals surface area contributed by atoms with Crippen molar-refractivity contribution < 1.29 is 4.79 Å². The monoisotopic (exact) mass is 175 g/mol. The number of amides is 1. The molecule has 1 rings (SSSR count). The van der Waals surface area contributed by atoms with Crippen LogP contribution < -0.4 is 5.73 Å². The number of carbonyl (C=O) groups is 1. The standard InChI is InChI=1S/C9H9N3O/c10-6-7-2-1-5-12-8(7)3-4-9(11)13/h1-2,5H,3-4H2,(H2,11,13). The van der Waals surface area contributed by atoms with Crippen molar-refractivity contribution in [2.75, 3.05) is 0 Å². The maximum atomic E-state index is 10.5. The molecule has 13 heavy (non-hydrogen) atoms. The van der Waals surface area contributed by atoms with E-state index in [4.69, 9.17) is 11.0 Å². The molecular formula is C9H9N3O. The molecule has 1 aromatic rings. The molecule has 0 fully saturated rings. The minimum absolute atomic E-state index is 0.228. The van der Waals surface area contributed by atoms with Crippen molar-refractivity contribution in [3.05, 3.63) is 29.6 Å². The van der Waals surface area contributed by atoms with E-state index in [2.05, 4.69) is 4.98 Å². The summed E-state index contributed by atoms with van der Waals surface area (Å²) in [6.07, 6.45) is 2.25. The number of rotatable bonds is 3. The van der Waals surface area contributed by atoms with Crippen molar-refractivity contribution in [1.82, 2.24) is 4.98 Å². The Morgan fingerprint density at radius 1 is 1.69 bits per heavy atom. The normalized spacial score (nSPS) is 9.15. The Kier molecular flexibility index (Phi) is 2.98. The zero-order valence-corrected chi connectivity index (χ0v) is 7.03. The van der Waals surface area contributed by atoms with E-state index in [1.165, 1.54) is 0 Å². The first-order chi connectivity index (χ1) is 6.24. The molecular weight excluding hydrogens is 166 g/mol. The first-order valence-electron chi connectivity index (χ1n) is 3.86. The van der Waals surface area contributed by atoms with Crippen LogP contribution in [0.3, 0.4) is 0 Å². The molecule has 0 atom stereocenters. The van der Waals surface area contributed by atoms with E-state index in [1.807, 2.05) is 6.07 Å². The highest BCUT2D eigenvalue weighted by molar-refractivity contribution is 5.74. The van der Waals surface area contributed by atoms with Gasteiger partial charge < -0.3 is 5.73 Å². The van der Waals surface area contributed by atoms with Crippen LogP contribution in [0, 0.1) is 11.3 Å². The average molecular weight is 175 g/mol. The number of nitrogens with zero attached hydrogens (tertiary/aromatic N) is 2. The van der Waals surface area contributed by atoms with Crippen molar-refractivity contribution in [3.63, 3.8) is 0 Å². The van der Waals surface area contributed by atoms with Gasteiger partial charge in [-0.2, -0.15) is 5.26 Å². The molecule has 1 heterocycles. The lowest BCUT2D eigenvalue weighted by atomic mass is 10.1. The fourth-order valence-corrected chi connectivity index (χ4v) is 0.981. The Morgan fingerprint density at radius 2 is 2.46 bits per heavy atom. The number of hydrogen-bond donors (Lipinski definition) is 1. The summed E-state index contributed by atoms with van der Waals surface area (Å²) in [6, 6.07) is 5.36. The molecule has 0 unspecified atom stereocenters. The van der Waals surface area contributed by atoms with Crippen molar-refractivity contribution >= 4 is 5.91 Å². The van der Waals surface area contributed by atoms with Crippen LogP contribution in [-0.4, -0.2) is 10.9 Å². The second kappa shape index (κ2) is 4.21. The summed E-state index contributed by atoms with van der Waals surface area (Å²) in [6.45, 7) is 0. The number of nitriles is 1. The van der Waals surface area contributed by atoms with Gasteiger partial charge in [0.25, 0.3) is 0 Å². The molecule has 4 heteroatoms. The zero-order valence-electron chi connectivity index (χ0n) is 7.03. The van der Waals surface area contributed by atoms with Crippen LogP contribution in [-0.2, 0) is 11.2 Å². The van der Waals surface area contributed by atoms with Gasteiger partial charge in [0.15, 0.2) is 0 Å². The Morgan fingerprint density at radius 3 is 3.08 bits per heavy atom. The van der Waals surface area contributed by atoms with Crippen LogP contribution in [0.4, 0.5) is 0 Å². The topological polar surface area (TPSA) is 79.8 Å². The lowest BCUT2D eigenvalue weighted by Crippen LogP contribution is -2.12. The van der Waals surface area contributed by atoms with Gasteiger partial charge in [-0.3, -0.25) is 9.78 Å². The number of aryl methyl sites for hydroxylation is 1.